The summed E-state index contributed by atoms with van der Waals surface area (Å²) in [5, 5.41) is 2.99. The number of ether oxygens (including phenoxy) is 5. The Morgan fingerprint density at radius 2 is 1.43 bits per heavy atom. The second kappa shape index (κ2) is 13.7. The second-order valence-corrected chi connectivity index (χ2v) is 5.58. The molecule has 1 heterocycles. The van der Waals surface area contributed by atoms with Gasteiger partial charge in [-0.05, 0) is 6.42 Å². The van der Waals surface area contributed by atoms with E-state index in [1.807, 2.05) is 0 Å². The highest BCUT2D eigenvalue weighted by Crippen LogP contribution is 2.00. The van der Waals surface area contributed by atoms with Crippen LogP contribution in [0.15, 0.2) is 0 Å². The largest absolute Gasteiger partial charge is 0.377 e. The van der Waals surface area contributed by atoms with Gasteiger partial charge in [0.05, 0.1) is 65.6 Å². The van der Waals surface area contributed by atoms with E-state index in [2.05, 4.69) is 17.9 Å². The molecule has 124 valence electrons. The molecule has 1 saturated heterocycles. The highest BCUT2D eigenvalue weighted by atomic mass is 32.1. The Balaban J connectivity index is 2.24. The topological polar surface area (TPSA) is 58.2 Å². The molecule has 0 radical (unpaired) electrons. The summed E-state index contributed by atoms with van der Waals surface area (Å²) in [6.07, 6.45) is 0.801. The van der Waals surface area contributed by atoms with Crippen molar-refractivity contribution in [1.82, 2.24) is 5.32 Å². The van der Waals surface area contributed by atoms with E-state index >= 15 is 0 Å². The predicted octanol–water partition coefficient (Wildman–Crippen LogP) is 0.646. The Morgan fingerprint density at radius 3 is 2.00 bits per heavy atom. The van der Waals surface area contributed by atoms with Crippen molar-refractivity contribution in [3.63, 3.8) is 0 Å². The third kappa shape index (κ3) is 12.3. The molecule has 0 amide bonds. The molecule has 0 aliphatic carbocycles. The third-order valence-corrected chi connectivity index (χ3v) is 3.05. The van der Waals surface area contributed by atoms with Gasteiger partial charge in [-0.3, -0.25) is 0 Å². The van der Waals surface area contributed by atoms with E-state index in [0.29, 0.717) is 70.3 Å². The van der Waals surface area contributed by atoms with Gasteiger partial charge in [-0.15, -0.1) is 12.6 Å². The molecule has 1 N–H and O–H groups in total. The zero-order valence-electron chi connectivity index (χ0n) is 12.3. The molecule has 1 unspecified atom stereocenters. The molecule has 0 bridgehead atoms. The second-order valence-electron chi connectivity index (χ2n) is 4.43. The predicted molar refractivity (Wildman–Crippen MR) is 87.2 cm³/mol. The number of rotatable bonds is 3. The van der Waals surface area contributed by atoms with Crippen LogP contribution in [-0.2, 0) is 23.7 Å². The van der Waals surface area contributed by atoms with E-state index in [1.54, 1.807) is 0 Å². The van der Waals surface area contributed by atoms with Crippen LogP contribution in [0.1, 0.15) is 6.42 Å². The Labute approximate surface area is 137 Å². The lowest BCUT2D eigenvalue weighted by atomic mass is 10.2. The molecule has 0 aromatic carbocycles. The van der Waals surface area contributed by atoms with E-state index in [-0.39, 0.29) is 6.10 Å². The maximum atomic E-state index is 5.76. The highest BCUT2D eigenvalue weighted by molar-refractivity contribution is 8.11. The Kier molecular flexibility index (Phi) is 12.4. The third-order valence-electron chi connectivity index (χ3n) is 2.74. The average molecular weight is 339 g/mol. The fraction of sp³-hybridized carbons (Fsp3) is 0.923. The Morgan fingerprint density at radius 1 is 0.905 bits per heavy atom. The van der Waals surface area contributed by atoms with Crippen molar-refractivity contribution >= 4 is 29.2 Å². The highest BCUT2D eigenvalue weighted by Gasteiger charge is 2.10. The number of hydrogen-bond donors (Lipinski definition) is 2. The lowest BCUT2D eigenvalue weighted by molar-refractivity contribution is -0.0477. The van der Waals surface area contributed by atoms with Crippen molar-refractivity contribution in [2.45, 2.75) is 12.5 Å². The summed E-state index contributed by atoms with van der Waals surface area (Å²) < 4.78 is 28.0. The number of thiocarbonyl (C=S) groups is 1. The van der Waals surface area contributed by atoms with Gasteiger partial charge in [0.25, 0.3) is 0 Å². The molecular formula is C13H25NO5S2. The van der Waals surface area contributed by atoms with Crippen LogP contribution in [-0.4, -0.2) is 76.4 Å². The zero-order chi connectivity index (χ0) is 15.2. The molecule has 1 aliphatic rings. The first-order valence-electron chi connectivity index (χ1n) is 7.18. The van der Waals surface area contributed by atoms with E-state index in [1.165, 1.54) is 0 Å². The quantitative estimate of drug-likeness (QED) is 0.578. The van der Waals surface area contributed by atoms with Crippen molar-refractivity contribution in [3.8, 4) is 0 Å². The molecular weight excluding hydrogens is 314 g/mol. The van der Waals surface area contributed by atoms with Crippen LogP contribution in [0.2, 0.25) is 0 Å². The molecule has 0 spiro atoms. The summed E-state index contributed by atoms with van der Waals surface area (Å²) in [4.78, 5) is 0. The molecule has 1 rings (SSSR count). The van der Waals surface area contributed by atoms with Crippen LogP contribution in [0.5, 0.6) is 0 Å². The van der Waals surface area contributed by atoms with Crippen LogP contribution in [0.3, 0.4) is 0 Å². The normalized spacial score (nSPS) is 23.8. The molecule has 0 saturated carbocycles. The van der Waals surface area contributed by atoms with Crippen molar-refractivity contribution in [3.05, 3.63) is 0 Å². The number of thiol groups is 1. The molecule has 8 heteroatoms. The van der Waals surface area contributed by atoms with Crippen LogP contribution in [0.25, 0.3) is 0 Å². The van der Waals surface area contributed by atoms with Crippen LogP contribution in [0.4, 0.5) is 0 Å². The summed E-state index contributed by atoms with van der Waals surface area (Å²) in [5.41, 5.74) is 0. The van der Waals surface area contributed by atoms with Gasteiger partial charge < -0.3 is 29.0 Å². The van der Waals surface area contributed by atoms with Gasteiger partial charge in [0.2, 0.25) is 0 Å². The van der Waals surface area contributed by atoms with Gasteiger partial charge in [0, 0.05) is 6.54 Å². The van der Waals surface area contributed by atoms with Crippen LogP contribution >= 0.6 is 24.8 Å². The summed E-state index contributed by atoms with van der Waals surface area (Å²) in [6, 6.07) is 0. The maximum Gasteiger partial charge on any atom is 0.130 e. The SMILES string of the molecule is S=C(S)NCCC1COCCOCCOCCOCCO1. The van der Waals surface area contributed by atoms with Crippen molar-refractivity contribution in [1.29, 1.82) is 0 Å². The number of hydrogen-bond acceptors (Lipinski definition) is 6. The van der Waals surface area contributed by atoms with Gasteiger partial charge in [0.1, 0.15) is 4.32 Å². The molecule has 0 aromatic heterocycles. The minimum atomic E-state index is 0.00478. The fourth-order valence-corrected chi connectivity index (χ4v) is 1.92. The lowest BCUT2D eigenvalue weighted by Gasteiger charge is -2.18. The van der Waals surface area contributed by atoms with E-state index in [0.717, 1.165) is 6.42 Å². The molecule has 1 atom stereocenters. The van der Waals surface area contributed by atoms with Crippen molar-refractivity contribution < 1.29 is 23.7 Å². The molecule has 6 nitrogen and oxygen atoms in total. The van der Waals surface area contributed by atoms with E-state index in [9.17, 15) is 0 Å². The molecule has 1 aliphatic heterocycles. The van der Waals surface area contributed by atoms with Crippen LogP contribution < -0.4 is 5.32 Å². The summed E-state index contributed by atoms with van der Waals surface area (Å²) in [6.45, 7) is 5.74. The average Bonchev–Trinajstić information content (AvgIpc) is 2.46. The molecule has 1 fully saturated rings. The standard InChI is InChI=1S/C13H25NO5S2/c20-13(21)14-2-1-12-11-18-8-7-16-4-3-15-5-6-17-9-10-19-12/h12H,1-11H2,(H2,14,20,21). The van der Waals surface area contributed by atoms with Gasteiger partial charge in [0.15, 0.2) is 0 Å². The van der Waals surface area contributed by atoms with Crippen LogP contribution in [0, 0.1) is 0 Å². The number of nitrogens with one attached hydrogen (secondary N) is 1. The first-order chi connectivity index (χ1) is 10.3. The smallest absolute Gasteiger partial charge is 0.130 e. The summed E-state index contributed by atoms with van der Waals surface area (Å²) in [5.74, 6) is 0. The zero-order valence-corrected chi connectivity index (χ0v) is 14.0. The van der Waals surface area contributed by atoms with E-state index < -0.39 is 0 Å². The molecule has 0 aromatic rings. The van der Waals surface area contributed by atoms with Crippen molar-refractivity contribution in [2.75, 3.05) is 66.0 Å². The maximum absolute atomic E-state index is 5.76. The summed E-state index contributed by atoms with van der Waals surface area (Å²) >= 11 is 8.88. The van der Waals surface area contributed by atoms with Gasteiger partial charge >= 0.3 is 0 Å². The summed E-state index contributed by atoms with van der Waals surface area (Å²) in [7, 11) is 0. The Hall–Kier alpha value is 0.0400. The minimum Gasteiger partial charge on any atom is -0.377 e. The van der Waals surface area contributed by atoms with Gasteiger partial charge in [-0.2, -0.15) is 0 Å². The fourth-order valence-electron chi connectivity index (χ4n) is 1.70. The minimum absolute atomic E-state index is 0.00478. The van der Waals surface area contributed by atoms with Gasteiger partial charge in [-0.1, -0.05) is 12.2 Å². The monoisotopic (exact) mass is 339 g/mol. The lowest BCUT2D eigenvalue weighted by Crippen LogP contribution is -2.29. The van der Waals surface area contributed by atoms with Gasteiger partial charge in [-0.25, -0.2) is 0 Å². The first-order valence-corrected chi connectivity index (χ1v) is 8.04. The van der Waals surface area contributed by atoms with E-state index in [4.69, 9.17) is 35.9 Å². The first kappa shape index (κ1) is 19.1. The molecule has 21 heavy (non-hydrogen) atoms. The van der Waals surface area contributed by atoms with Crippen molar-refractivity contribution in [2.24, 2.45) is 0 Å². The Bertz CT molecular complexity index is 255.